The van der Waals surface area contributed by atoms with Crippen LogP contribution in [0.15, 0.2) is 6.07 Å². The fourth-order valence-corrected chi connectivity index (χ4v) is 3.66. The minimum absolute atomic E-state index is 0.0306. The average Bonchev–Trinajstić information content (AvgIpc) is 2.81. The molecule has 0 aliphatic carbocycles. The van der Waals surface area contributed by atoms with Gasteiger partial charge in [-0.05, 0) is 6.42 Å². The van der Waals surface area contributed by atoms with Crippen molar-refractivity contribution in [3.8, 4) is 0 Å². The molecule has 1 atom stereocenters. The maximum Gasteiger partial charge on any atom is 0.435 e. The number of sulfone groups is 1. The Balaban J connectivity index is 2.12. The van der Waals surface area contributed by atoms with E-state index in [1.54, 1.807) is 0 Å². The Labute approximate surface area is 112 Å². The van der Waals surface area contributed by atoms with Crippen LogP contribution in [0.3, 0.4) is 0 Å². The number of aryl methyl sites for hydroxylation is 1. The Bertz CT molecular complexity index is 636. The molecule has 2 heterocycles. The van der Waals surface area contributed by atoms with Crippen molar-refractivity contribution in [1.82, 2.24) is 15.1 Å². The molecule has 1 N–H and O–H groups in total. The lowest BCUT2D eigenvalue weighted by atomic mass is 10.2. The van der Waals surface area contributed by atoms with Crippen molar-refractivity contribution in [1.29, 1.82) is 0 Å². The van der Waals surface area contributed by atoms with Gasteiger partial charge in [-0.1, -0.05) is 0 Å². The molecule has 6 nitrogen and oxygen atoms in total. The summed E-state index contributed by atoms with van der Waals surface area (Å²) in [5, 5.41) is 5.63. The van der Waals surface area contributed by atoms with Crippen molar-refractivity contribution in [3.05, 3.63) is 17.5 Å². The quantitative estimate of drug-likeness (QED) is 0.855. The Morgan fingerprint density at radius 2 is 2.15 bits per heavy atom. The van der Waals surface area contributed by atoms with E-state index >= 15 is 0 Å². The van der Waals surface area contributed by atoms with Crippen LogP contribution >= 0.6 is 0 Å². The molecule has 1 amide bonds. The predicted octanol–water partition coefficient (Wildman–Crippen LogP) is 0.356. The van der Waals surface area contributed by atoms with Crippen LogP contribution < -0.4 is 5.32 Å². The van der Waals surface area contributed by atoms with E-state index in [-0.39, 0.29) is 23.6 Å². The molecule has 1 saturated heterocycles. The van der Waals surface area contributed by atoms with E-state index in [0.29, 0.717) is 6.07 Å². The van der Waals surface area contributed by atoms with Crippen LogP contribution in [0.25, 0.3) is 0 Å². The molecule has 0 bridgehead atoms. The lowest BCUT2D eigenvalue weighted by Gasteiger charge is -2.10. The molecule has 0 spiro atoms. The number of rotatable bonds is 2. The van der Waals surface area contributed by atoms with Gasteiger partial charge in [0.1, 0.15) is 5.69 Å². The maximum atomic E-state index is 12.5. The zero-order valence-electron chi connectivity index (χ0n) is 10.4. The van der Waals surface area contributed by atoms with Crippen LogP contribution in [0, 0.1) is 0 Å². The number of nitrogens with one attached hydrogen (secondary N) is 1. The molecule has 112 valence electrons. The highest BCUT2D eigenvalue weighted by Gasteiger charge is 2.36. The van der Waals surface area contributed by atoms with E-state index in [1.165, 1.54) is 7.05 Å². The molecule has 1 fully saturated rings. The molecule has 0 unspecified atom stereocenters. The highest BCUT2D eigenvalue weighted by atomic mass is 32.2. The molecule has 0 radical (unpaired) electrons. The van der Waals surface area contributed by atoms with Gasteiger partial charge >= 0.3 is 6.18 Å². The van der Waals surface area contributed by atoms with Crippen molar-refractivity contribution in [2.24, 2.45) is 7.05 Å². The summed E-state index contributed by atoms with van der Waals surface area (Å²) in [4.78, 5) is 11.8. The van der Waals surface area contributed by atoms with Gasteiger partial charge in [-0.15, -0.1) is 0 Å². The second kappa shape index (κ2) is 4.76. The number of alkyl halides is 3. The molecule has 10 heteroatoms. The minimum Gasteiger partial charge on any atom is -0.347 e. The van der Waals surface area contributed by atoms with E-state index in [9.17, 15) is 26.4 Å². The second-order valence-corrected chi connectivity index (χ2v) is 6.84. The molecule has 0 saturated carbocycles. The fourth-order valence-electron chi connectivity index (χ4n) is 1.99. The Kier molecular flexibility index (Phi) is 3.53. The van der Waals surface area contributed by atoms with Crippen molar-refractivity contribution < 1.29 is 26.4 Å². The number of nitrogens with zero attached hydrogens (tertiary/aromatic N) is 2. The van der Waals surface area contributed by atoms with Gasteiger partial charge in [-0.2, -0.15) is 18.3 Å². The summed E-state index contributed by atoms with van der Waals surface area (Å²) in [7, 11) is -1.95. The first kappa shape index (κ1) is 14.8. The lowest BCUT2D eigenvalue weighted by molar-refractivity contribution is -0.141. The fraction of sp³-hybridized carbons (Fsp3) is 0.600. The Morgan fingerprint density at radius 3 is 2.60 bits per heavy atom. The van der Waals surface area contributed by atoms with E-state index < -0.39 is 33.7 Å². The first-order valence-corrected chi connectivity index (χ1v) is 7.53. The van der Waals surface area contributed by atoms with Crippen LogP contribution in [-0.4, -0.2) is 41.7 Å². The summed E-state index contributed by atoms with van der Waals surface area (Å²) in [6.45, 7) is 0. The third-order valence-corrected chi connectivity index (χ3v) is 4.74. The summed E-state index contributed by atoms with van der Waals surface area (Å²) in [5.41, 5.74) is -1.43. The number of hydrogen-bond donors (Lipinski definition) is 1. The maximum absolute atomic E-state index is 12.5. The molecule has 20 heavy (non-hydrogen) atoms. The van der Waals surface area contributed by atoms with Gasteiger partial charge in [0.05, 0.1) is 11.5 Å². The largest absolute Gasteiger partial charge is 0.435 e. The first-order chi connectivity index (χ1) is 9.08. The lowest BCUT2D eigenvalue weighted by Crippen LogP contribution is -2.36. The minimum atomic E-state index is -4.63. The van der Waals surface area contributed by atoms with Crippen LogP contribution in [-0.2, 0) is 23.1 Å². The van der Waals surface area contributed by atoms with Crippen LogP contribution in [0.2, 0.25) is 0 Å². The molecular weight excluding hydrogens is 299 g/mol. The second-order valence-electron chi connectivity index (χ2n) is 4.61. The average molecular weight is 311 g/mol. The third-order valence-electron chi connectivity index (χ3n) is 2.97. The van der Waals surface area contributed by atoms with Crippen molar-refractivity contribution in [2.45, 2.75) is 18.6 Å². The number of halogens is 3. The molecule has 1 aromatic rings. The van der Waals surface area contributed by atoms with E-state index in [1.807, 2.05) is 0 Å². The number of aromatic nitrogens is 2. The van der Waals surface area contributed by atoms with Gasteiger partial charge in [0, 0.05) is 19.2 Å². The van der Waals surface area contributed by atoms with Crippen LogP contribution in [0.5, 0.6) is 0 Å². The van der Waals surface area contributed by atoms with E-state index in [2.05, 4.69) is 10.4 Å². The van der Waals surface area contributed by atoms with Gasteiger partial charge in [-0.25, -0.2) is 8.42 Å². The molecule has 0 aromatic carbocycles. The zero-order valence-corrected chi connectivity index (χ0v) is 11.3. The number of hydrogen-bond acceptors (Lipinski definition) is 4. The topological polar surface area (TPSA) is 81.1 Å². The molecule has 2 rings (SSSR count). The third kappa shape index (κ3) is 3.11. The van der Waals surface area contributed by atoms with Crippen molar-refractivity contribution in [3.63, 3.8) is 0 Å². The number of carbonyl (C=O) groups is 1. The highest BCUT2D eigenvalue weighted by Crippen LogP contribution is 2.28. The SMILES string of the molecule is Cn1nc(C(F)(F)F)cc1C(=O)N[C@H]1CCS(=O)(=O)C1. The normalized spacial score (nSPS) is 21.9. The number of amides is 1. The van der Waals surface area contributed by atoms with Crippen molar-refractivity contribution in [2.75, 3.05) is 11.5 Å². The smallest absolute Gasteiger partial charge is 0.347 e. The van der Waals surface area contributed by atoms with Gasteiger partial charge in [0.15, 0.2) is 15.5 Å². The first-order valence-electron chi connectivity index (χ1n) is 5.71. The summed E-state index contributed by atoms with van der Waals surface area (Å²) >= 11 is 0. The standard InChI is InChI=1S/C10H12F3N3O3S/c1-16-7(4-8(15-16)10(11,12)13)9(17)14-6-2-3-20(18,19)5-6/h4,6H,2-3,5H2,1H3,(H,14,17)/t6-/m0/s1. The zero-order chi connectivity index (χ0) is 15.1. The summed E-state index contributed by atoms with van der Waals surface area (Å²) in [6, 6.07) is 0.0652. The molecule has 1 aromatic heterocycles. The molecule has 1 aliphatic rings. The summed E-state index contributed by atoms with van der Waals surface area (Å²) in [5.74, 6) is -0.988. The summed E-state index contributed by atoms with van der Waals surface area (Å²) in [6.07, 6.45) is -4.37. The monoisotopic (exact) mass is 311 g/mol. The number of carbonyl (C=O) groups excluding carboxylic acids is 1. The van der Waals surface area contributed by atoms with Gasteiger partial charge < -0.3 is 5.32 Å². The molecule has 1 aliphatic heterocycles. The Morgan fingerprint density at radius 1 is 1.50 bits per heavy atom. The van der Waals surface area contributed by atoms with E-state index in [4.69, 9.17) is 0 Å². The molecular formula is C10H12F3N3O3S. The predicted molar refractivity (Wildman–Crippen MR) is 62.7 cm³/mol. The van der Waals surface area contributed by atoms with Gasteiger partial charge in [-0.3, -0.25) is 9.48 Å². The van der Waals surface area contributed by atoms with Crippen LogP contribution in [0.1, 0.15) is 22.6 Å². The van der Waals surface area contributed by atoms with Gasteiger partial charge in [0.25, 0.3) is 5.91 Å². The van der Waals surface area contributed by atoms with Crippen molar-refractivity contribution >= 4 is 15.7 Å². The summed E-state index contributed by atoms with van der Waals surface area (Å²) < 4.78 is 60.7. The van der Waals surface area contributed by atoms with E-state index in [0.717, 1.165) is 4.68 Å². The highest BCUT2D eigenvalue weighted by molar-refractivity contribution is 7.91. The van der Waals surface area contributed by atoms with Crippen LogP contribution in [0.4, 0.5) is 13.2 Å². The Hall–Kier alpha value is -1.58. The van der Waals surface area contributed by atoms with Gasteiger partial charge in [0.2, 0.25) is 0 Å².